The average Bonchev–Trinajstić information content (AvgIpc) is 2.38. The molecule has 1 aliphatic rings. The Balaban J connectivity index is 2.29. The Hall–Kier alpha value is -0.620. The van der Waals surface area contributed by atoms with Gasteiger partial charge in [0.2, 0.25) is 10.0 Å². The van der Waals surface area contributed by atoms with E-state index in [0.717, 1.165) is 18.4 Å². The van der Waals surface area contributed by atoms with E-state index in [1.54, 1.807) is 12.1 Å². The van der Waals surface area contributed by atoms with E-state index < -0.39 is 15.6 Å². The summed E-state index contributed by atoms with van der Waals surface area (Å²) in [4.78, 5) is 0.285. The number of halogens is 1. The molecule has 0 bridgehead atoms. The van der Waals surface area contributed by atoms with Crippen molar-refractivity contribution in [1.82, 2.24) is 4.31 Å². The maximum absolute atomic E-state index is 12.0. The third-order valence-corrected chi connectivity index (χ3v) is 5.91. The molecule has 1 fully saturated rings. The standard InChI is InChI=1S/C14H20ClNO3S/c1-14(10-12(15)8-9-19-14)11-4-6-13(7-5-11)20(17,18)16(2)3/h4-7,12H,8-10H2,1-3H3. The first kappa shape index (κ1) is 15.8. The lowest BCUT2D eigenvalue weighted by atomic mass is 9.88. The number of benzene rings is 1. The van der Waals surface area contributed by atoms with Gasteiger partial charge in [0.15, 0.2) is 0 Å². The van der Waals surface area contributed by atoms with Crippen LogP contribution in [0, 0.1) is 0 Å². The first-order valence-corrected chi connectivity index (χ1v) is 8.44. The van der Waals surface area contributed by atoms with Gasteiger partial charge in [0.1, 0.15) is 0 Å². The van der Waals surface area contributed by atoms with Crippen LogP contribution in [0.2, 0.25) is 0 Å². The predicted molar refractivity (Wildman–Crippen MR) is 79.5 cm³/mol. The Morgan fingerprint density at radius 2 is 1.90 bits per heavy atom. The molecule has 112 valence electrons. The second-order valence-corrected chi connectivity index (χ2v) is 8.25. The highest BCUT2D eigenvalue weighted by molar-refractivity contribution is 7.89. The van der Waals surface area contributed by atoms with Crippen molar-refractivity contribution in [3.63, 3.8) is 0 Å². The molecule has 2 rings (SSSR count). The van der Waals surface area contributed by atoms with Crippen molar-refractivity contribution < 1.29 is 13.2 Å². The summed E-state index contributed by atoms with van der Waals surface area (Å²) in [6.45, 7) is 2.62. The fraction of sp³-hybridized carbons (Fsp3) is 0.571. The molecule has 0 amide bonds. The number of ether oxygens (including phenoxy) is 1. The van der Waals surface area contributed by atoms with Crippen LogP contribution in [0.3, 0.4) is 0 Å². The van der Waals surface area contributed by atoms with Gasteiger partial charge in [0.25, 0.3) is 0 Å². The molecule has 0 N–H and O–H groups in total. The van der Waals surface area contributed by atoms with Crippen LogP contribution in [0.5, 0.6) is 0 Å². The molecular formula is C14H20ClNO3S. The van der Waals surface area contributed by atoms with E-state index in [-0.39, 0.29) is 10.3 Å². The van der Waals surface area contributed by atoms with Crippen molar-refractivity contribution in [3.05, 3.63) is 29.8 Å². The molecule has 4 nitrogen and oxygen atoms in total. The molecule has 0 aromatic heterocycles. The first-order chi connectivity index (χ1) is 9.25. The number of hydrogen-bond acceptors (Lipinski definition) is 3. The van der Waals surface area contributed by atoms with Gasteiger partial charge in [-0.3, -0.25) is 0 Å². The second kappa shape index (κ2) is 5.64. The monoisotopic (exact) mass is 317 g/mol. The normalized spacial score (nSPS) is 27.8. The molecule has 0 saturated carbocycles. The summed E-state index contributed by atoms with van der Waals surface area (Å²) >= 11 is 6.21. The Morgan fingerprint density at radius 3 is 2.40 bits per heavy atom. The molecule has 6 heteroatoms. The lowest BCUT2D eigenvalue weighted by Gasteiger charge is -2.36. The SMILES string of the molecule is CN(C)S(=O)(=O)c1ccc(C2(C)CC(Cl)CCO2)cc1. The smallest absolute Gasteiger partial charge is 0.242 e. The number of rotatable bonds is 3. The van der Waals surface area contributed by atoms with Gasteiger partial charge in [0, 0.05) is 26.1 Å². The Bertz CT molecular complexity index is 571. The predicted octanol–water partition coefficient (Wildman–Crippen LogP) is 2.57. The van der Waals surface area contributed by atoms with Crippen molar-refractivity contribution in [3.8, 4) is 0 Å². The average molecular weight is 318 g/mol. The maximum atomic E-state index is 12.0. The highest BCUT2D eigenvalue weighted by atomic mass is 35.5. The zero-order valence-electron chi connectivity index (χ0n) is 12.0. The molecule has 2 unspecified atom stereocenters. The van der Waals surface area contributed by atoms with Crippen molar-refractivity contribution >= 4 is 21.6 Å². The summed E-state index contributed by atoms with van der Waals surface area (Å²) in [6, 6.07) is 6.87. The summed E-state index contributed by atoms with van der Waals surface area (Å²) in [6.07, 6.45) is 1.58. The molecule has 1 saturated heterocycles. The fourth-order valence-electron chi connectivity index (χ4n) is 2.39. The molecule has 1 aromatic rings. The number of sulfonamides is 1. The lowest BCUT2D eigenvalue weighted by Crippen LogP contribution is -2.35. The summed E-state index contributed by atoms with van der Waals surface area (Å²) in [5.41, 5.74) is 0.519. The van der Waals surface area contributed by atoms with E-state index in [9.17, 15) is 8.42 Å². The third kappa shape index (κ3) is 3.01. The molecule has 2 atom stereocenters. The number of nitrogens with zero attached hydrogens (tertiary/aromatic N) is 1. The Kier molecular flexibility index (Phi) is 4.44. The van der Waals surface area contributed by atoms with Crippen LogP contribution in [-0.2, 0) is 20.4 Å². The highest BCUT2D eigenvalue weighted by Gasteiger charge is 2.34. The zero-order valence-corrected chi connectivity index (χ0v) is 13.5. The van der Waals surface area contributed by atoms with Crippen LogP contribution in [0.25, 0.3) is 0 Å². The quantitative estimate of drug-likeness (QED) is 0.805. The lowest BCUT2D eigenvalue weighted by molar-refractivity contribution is -0.0684. The summed E-state index contributed by atoms with van der Waals surface area (Å²) in [7, 11) is -0.347. The zero-order chi connectivity index (χ0) is 15.0. The largest absolute Gasteiger partial charge is 0.370 e. The van der Waals surface area contributed by atoms with Gasteiger partial charge in [-0.1, -0.05) is 12.1 Å². The van der Waals surface area contributed by atoms with Gasteiger partial charge < -0.3 is 4.74 Å². The van der Waals surface area contributed by atoms with Crippen LogP contribution in [0.1, 0.15) is 25.3 Å². The summed E-state index contributed by atoms with van der Waals surface area (Å²) < 4.78 is 31.1. The van der Waals surface area contributed by atoms with Crippen LogP contribution < -0.4 is 0 Å². The number of hydrogen-bond donors (Lipinski definition) is 0. The minimum atomic E-state index is -3.39. The van der Waals surface area contributed by atoms with Gasteiger partial charge in [-0.15, -0.1) is 11.6 Å². The molecule has 0 spiro atoms. The topological polar surface area (TPSA) is 46.6 Å². The van der Waals surface area contributed by atoms with Crippen LogP contribution in [0.4, 0.5) is 0 Å². The van der Waals surface area contributed by atoms with E-state index in [0.29, 0.717) is 6.61 Å². The highest BCUT2D eigenvalue weighted by Crippen LogP contribution is 2.37. The van der Waals surface area contributed by atoms with Crippen LogP contribution in [0.15, 0.2) is 29.2 Å². The Labute approximate surface area is 125 Å². The van der Waals surface area contributed by atoms with E-state index in [1.807, 2.05) is 19.1 Å². The minimum Gasteiger partial charge on any atom is -0.370 e. The first-order valence-electron chi connectivity index (χ1n) is 6.57. The minimum absolute atomic E-state index is 0.0962. The molecule has 20 heavy (non-hydrogen) atoms. The van der Waals surface area contributed by atoms with Gasteiger partial charge in [-0.05, 0) is 37.5 Å². The number of alkyl halides is 1. The van der Waals surface area contributed by atoms with Crippen LogP contribution >= 0.6 is 11.6 Å². The van der Waals surface area contributed by atoms with Gasteiger partial charge in [-0.25, -0.2) is 12.7 Å². The van der Waals surface area contributed by atoms with Crippen molar-refractivity contribution in [1.29, 1.82) is 0 Å². The van der Waals surface area contributed by atoms with Gasteiger partial charge in [-0.2, -0.15) is 0 Å². The van der Waals surface area contributed by atoms with Gasteiger partial charge >= 0.3 is 0 Å². The van der Waals surface area contributed by atoms with Crippen molar-refractivity contribution in [2.45, 2.75) is 35.6 Å². The summed E-state index contributed by atoms with van der Waals surface area (Å²) in [5, 5.41) is 0.0962. The molecule has 0 aliphatic carbocycles. The molecule has 1 aromatic carbocycles. The van der Waals surface area contributed by atoms with Crippen molar-refractivity contribution in [2.75, 3.05) is 20.7 Å². The second-order valence-electron chi connectivity index (χ2n) is 5.48. The third-order valence-electron chi connectivity index (χ3n) is 3.71. The molecule has 1 heterocycles. The summed E-state index contributed by atoms with van der Waals surface area (Å²) in [5.74, 6) is 0. The van der Waals surface area contributed by atoms with E-state index in [2.05, 4.69) is 0 Å². The molecule has 0 radical (unpaired) electrons. The fourth-order valence-corrected chi connectivity index (χ4v) is 3.67. The van der Waals surface area contributed by atoms with Gasteiger partial charge in [0.05, 0.1) is 10.5 Å². The molecular weight excluding hydrogens is 298 g/mol. The van der Waals surface area contributed by atoms with Crippen LogP contribution in [-0.4, -0.2) is 38.8 Å². The van der Waals surface area contributed by atoms with Crippen molar-refractivity contribution in [2.24, 2.45) is 0 Å². The Morgan fingerprint density at radius 1 is 1.30 bits per heavy atom. The van der Waals surface area contributed by atoms with E-state index >= 15 is 0 Å². The van der Waals surface area contributed by atoms with E-state index in [1.165, 1.54) is 18.4 Å². The molecule has 1 aliphatic heterocycles. The van der Waals surface area contributed by atoms with E-state index in [4.69, 9.17) is 16.3 Å². The maximum Gasteiger partial charge on any atom is 0.242 e.